The van der Waals surface area contributed by atoms with Crippen molar-refractivity contribution in [3.8, 4) is 0 Å². The number of likely N-dealkylation sites (N-methyl/N-ethyl adjacent to an activating group) is 1. The van der Waals surface area contributed by atoms with Crippen LogP contribution in [0.1, 0.15) is 31.2 Å². The van der Waals surface area contributed by atoms with E-state index in [1.165, 1.54) is 24.9 Å². The number of carbonyl (C=O) groups excluding carboxylic acids is 1. The third-order valence-electron chi connectivity index (χ3n) is 7.31. The number of carbonyl (C=O) groups is 1. The molecule has 3 fully saturated rings. The number of nitrogens with zero attached hydrogens (tertiary/aromatic N) is 4. The summed E-state index contributed by atoms with van der Waals surface area (Å²) in [5.74, 6) is 1.89. The van der Waals surface area contributed by atoms with Gasteiger partial charge in [-0.05, 0) is 75.4 Å². The molecule has 178 valence electrons. The van der Waals surface area contributed by atoms with Gasteiger partial charge < -0.3 is 24.8 Å². The van der Waals surface area contributed by atoms with Gasteiger partial charge in [0.25, 0.3) is 0 Å². The average molecular weight is 452 g/mol. The number of aryl methyl sites for hydroxylation is 1. The Morgan fingerprint density at radius 1 is 1.06 bits per heavy atom. The summed E-state index contributed by atoms with van der Waals surface area (Å²) in [6, 6.07) is 8.14. The van der Waals surface area contributed by atoms with E-state index >= 15 is 0 Å². The zero-order valence-corrected chi connectivity index (χ0v) is 20.1. The largest absolute Gasteiger partial charge is 0.368 e. The van der Waals surface area contributed by atoms with Crippen LogP contribution in [0.3, 0.4) is 0 Å². The molecule has 7 nitrogen and oxygen atoms in total. The number of likely N-dealkylation sites (tertiary alicyclic amines) is 1. The fraction of sp³-hybridized carbons (Fsp3) is 0.615. The van der Waals surface area contributed by atoms with Crippen LogP contribution < -0.4 is 10.2 Å². The van der Waals surface area contributed by atoms with E-state index in [1.54, 1.807) is 0 Å². The van der Waals surface area contributed by atoms with Crippen molar-refractivity contribution in [3.05, 3.63) is 29.8 Å². The molecular weight excluding hydrogens is 414 g/mol. The highest BCUT2D eigenvalue weighted by Crippen LogP contribution is 2.31. The van der Waals surface area contributed by atoms with E-state index in [0.29, 0.717) is 0 Å². The van der Waals surface area contributed by atoms with Crippen molar-refractivity contribution < 1.29 is 9.53 Å². The molecule has 0 radical (unpaired) electrons. The van der Waals surface area contributed by atoms with Crippen molar-refractivity contribution in [2.24, 2.45) is 5.92 Å². The number of nitrogens with one attached hydrogen (secondary N) is 1. The van der Waals surface area contributed by atoms with Gasteiger partial charge in [-0.3, -0.25) is 4.79 Å². The number of benzene rings is 1. The standard InChI is InChI=1S/C26H37N5O2/c1-19-15-25(31-13-11-29(2)12-14-31)28-24-6-5-21(16-23(19)24)27-26(32)18-33-22-7-9-30(10-8-22)17-20-3-4-20/h5-6,15-16,20,22H,3-4,7-14,17-18H2,1-2H3,(H,27,32). The summed E-state index contributed by atoms with van der Waals surface area (Å²) in [6.07, 6.45) is 5.05. The third-order valence-corrected chi connectivity index (χ3v) is 7.31. The van der Waals surface area contributed by atoms with Gasteiger partial charge in [-0.1, -0.05) is 0 Å². The van der Waals surface area contributed by atoms with E-state index in [1.807, 2.05) is 18.2 Å². The lowest BCUT2D eigenvalue weighted by atomic mass is 10.1. The second-order valence-corrected chi connectivity index (χ2v) is 10.1. The van der Waals surface area contributed by atoms with Crippen LogP contribution in [0.5, 0.6) is 0 Å². The maximum absolute atomic E-state index is 12.5. The van der Waals surface area contributed by atoms with Gasteiger partial charge in [-0.2, -0.15) is 0 Å². The molecule has 1 aromatic carbocycles. The van der Waals surface area contributed by atoms with Crippen molar-refractivity contribution in [3.63, 3.8) is 0 Å². The molecule has 0 spiro atoms. The smallest absolute Gasteiger partial charge is 0.250 e. The van der Waals surface area contributed by atoms with Gasteiger partial charge in [0.1, 0.15) is 12.4 Å². The number of piperazine rings is 1. The third kappa shape index (κ3) is 5.83. The molecule has 1 aromatic heterocycles. The normalized spacial score (nSPS) is 21.0. The van der Waals surface area contributed by atoms with E-state index in [9.17, 15) is 4.79 Å². The van der Waals surface area contributed by atoms with Gasteiger partial charge in [0, 0.05) is 56.9 Å². The lowest BCUT2D eigenvalue weighted by molar-refractivity contribution is -0.123. The predicted molar refractivity (Wildman–Crippen MR) is 133 cm³/mol. The minimum absolute atomic E-state index is 0.0885. The van der Waals surface area contributed by atoms with Gasteiger partial charge in [0.05, 0.1) is 11.6 Å². The Balaban J connectivity index is 1.14. The quantitative estimate of drug-likeness (QED) is 0.698. The van der Waals surface area contributed by atoms with Crippen LogP contribution >= 0.6 is 0 Å². The Morgan fingerprint density at radius 3 is 2.55 bits per heavy atom. The van der Waals surface area contributed by atoms with Crippen molar-refractivity contribution in [2.75, 3.05) is 69.7 Å². The molecule has 7 heteroatoms. The lowest BCUT2D eigenvalue weighted by Gasteiger charge is -2.33. The highest BCUT2D eigenvalue weighted by Gasteiger charge is 2.27. The number of hydrogen-bond acceptors (Lipinski definition) is 6. The highest BCUT2D eigenvalue weighted by molar-refractivity contribution is 5.95. The average Bonchev–Trinajstić information content (AvgIpc) is 3.63. The Bertz CT molecular complexity index is 976. The van der Waals surface area contributed by atoms with Crippen molar-refractivity contribution >= 4 is 28.3 Å². The number of aromatic nitrogens is 1. The summed E-state index contributed by atoms with van der Waals surface area (Å²) in [7, 11) is 2.16. The second kappa shape index (κ2) is 9.95. The van der Waals surface area contributed by atoms with E-state index in [-0.39, 0.29) is 18.6 Å². The molecule has 2 saturated heterocycles. The fourth-order valence-corrected chi connectivity index (χ4v) is 4.97. The number of piperidine rings is 1. The Hall–Kier alpha value is -2.22. The molecule has 2 aliphatic heterocycles. The predicted octanol–water partition coefficient (Wildman–Crippen LogP) is 3.12. The van der Waals surface area contributed by atoms with Gasteiger partial charge in [0.2, 0.25) is 5.91 Å². The topological polar surface area (TPSA) is 60.9 Å². The van der Waals surface area contributed by atoms with Crippen molar-refractivity contribution in [1.82, 2.24) is 14.8 Å². The molecule has 3 aliphatic rings. The molecular formula is C26H37N5O2. The fourth-order valence-electron chi connectivity index (χ4n) is 4.97. The molecule has 33 heavy (non-hydrogen) atoms. The number of rotatable bonds is 7. The first-order valence-electron chi connectivity index (χ1n) is 12.5. The van der Waals surface area contributed by atoms with Gasteiger partial charge in [-0.15, -0.1) is 0 Å². The summed E-state index contributed by atoms with van der Waals surface area (Å²) < 4.78 is 5.93. The van der Waals surface area contributed by atoms with Gasteiger partial charge in [0.15, 0.2) is 0 Å². The monoisotopic (exact) mass is 451 g/mol. The van der Waals surface area contributed by atoms with Crippen LogP contribution in [0.25, 0.3) is 10.9 Å². The van der Waals surface area contributed by atoms with Crippen LogP contribution in [-0.2, 0) is 9.53 Å². The van der Waals surface area contributed by atoms with Crippen LogP contribution in [0.15, 0.2) is 24.3 Å². The molecule has 0 atom stereocenters. The Morgan fingerprint density at radius 2 is 1.82 bits per heavy atom. The number of hydrogen-bond donors (Lipinski definition) is 1. The number of pyridine rings is 1. The second-order valence-electron chi connectivity index (χ2n) is 10.1. The van der Waals surface area contributed by atoms with E-state index < -0.39 is 0 Å². The molecule has 0 bridgehead atoms. The van der Waals surface area contributed by atoms with E-state index in [0.717, 1.165) is 80.4 Å². The molecule has 1 amide bonds. The van der Waals surface area contributed by atoms with Crippen LogP contribution in [0.2, 0.25) is 0 Å². The Labute approximate surface area is 197 Å². The van der Waals surface area contributed by atoms with Crippen LogP contribution in [0.4, 0.5) is 11.5 Å². The van der Waals surface area contributed by atoms with Gasteiger partial charge >= 0.3 is 0 Å². The number of anilines is 2. The molecule has 1 N–H and O–H groups in total. The maximum Gasteiger partial charge on any atom is 0.250 e. The first-order valence-corrected chi connectivity index (χ1v) is 12.5. The van der Waals surface area contributed by atoms with Crippen molar-refractivity contribution in [1.29, 1.82) is 0 Å². The van der Waals surface area contributed by atoms with E-state index in [4.69, 9.17) is 9.72 Å². The SMILES string of the molecule is Cc1cc(N2CCN(C)CC2)nc2ccc(NC(=O)COC3CCN(CC4CC4)CC3)cc12. The number of ether oxygens (including phenoxy) is 1. The number of fused-ring (bicyclic) bond motifs is 1. The molecule has 1 saturated carbocycles. The molecule has 3 heterocycles. The van der Waals surface area contributed by atoms with Crippen LogP contribution in [0, 0.1) is 12.8 Å². The lowest BCUT2D eigenvalue weighted by Crippen LogP contribution is -2.44. The summed E-state index contributed by atoms with van der Waals surface area (Å²) >= 11 is 0. The highest BCUT2D eigenvalue weighted by atomic mass is 16.5. The summed E-state index contributed by atoms with van der Waals surface area (Å²) in [5.41, 5.74) is 2.95. The van der Waals surface area contributed by atoms with Gasteiger partial charge in [-0.25, -0.2) is 4.98 Å². The molecule has 0 unspecified atom stereocenters. The minimum atomic E-state index is -0.0885. The zero-order valence-electron chi connectivity index (χ0n) is 20.1. The first-order chi connectivity index (χ1) is 16.0. The molecule has 5 rings (SSSR count). The van der Waals surface area contributed by atoms with E-state index in [2.05, 4.69) is 40.1 Å². The first kappa shape index (κ1) is 22.6. The summed E-state index contributed by atoms with van der Waals surface area (Å²) in [6.45, 7) is 9.80. The zero-order chi connectivity index (χ0) is 22.8. The molecule has 1 aliphatic carbocycles. The summed E-state index contributed by atoms with van der Waals surface area (Å²) in [4.78, 5) is 24.7. The summed E-state index contributed by atoms with van der Waals surface area (Å²) in [5, 5.41) is 4.09. The molecule has 2 aromatic rings. The van der Waals surface area contributed by atoms with Crippen LogP contribution in [-0.4, -0.2) is 86.3 Å². The maximum atomic E-state index is 12.5. The number of amides is 1. The van der Waals surface area contributed by atoms with Crippen molar-refractivity contribution in [2.45, 2.75) is 38.7 Å². The Kier molecular flexibility index (Phi) is 6.81. The minimum Gasteiger partial charge on any atom is -0.368 e.